The molecule has 2 aromatic carbocycles. The minimum absolute atomic E-state index is 0.0296. The smallest absolute Gasteiger partial charge is 0.335 e. The van der Waals surface area contributed by atoms with Crippen LogP contribution in [0.25, 0.3) is 6.08 Å². The summed E-state index contributed by atoms with van der Waals surface area (Å²) in [6, 6.07) is 14.3. The van der Waals surface area contributed by atoms with Gasteiger partial charge in [-0.25, -0.2) is 4.79 Å². The van der Waals surface area contributed by atoms with Gasteiger partial charge in [0.2, 0.25) is 0 Å². The van der Waals surface area contributed by atoms with Gasteiger partial charge < -0.3 is 5.11 Å². The molecule has 0 spiro atoms. The minimum atomic E-state index is -0.887. The number of carbonyl (C=O) groups is 1. The average molecular weight is 405 g/mol. The summed E-state index contributed by atoms with van der Waals surface area (Å²) >= 11 is 0. The number of carboxylic acids is 1. The Morgan fingerprint density at radius 2 is 1.50 bits per heavy atom. The molecule has 0 aromatic heterocycles. The molecule has 0 amide bonds. The number of hydrogen-bond acceptors (Lipinski definition) is 1. The lowest BCUT2D eigenvalue weighted by atomic mass is 9.62. The Balaban J connectivity index is 2.02. The van der Waals surface area contributed by atoms with Crippen molar-refractivity contribution in [1.29, 1.82) is 0 Å². The van der Waals surface area contributed by atoms with Gasteiger partial charge in [0.15, 0.2) is 0 Å². The molecule has 0 bridgehead atoms. The van der Waals surface area contributed by atoms with Gasteiger partial charge in [0.25, 0.3) is 0 Å². The van der Waals surface area contributed by atoms with E-state index in [-0.39, 0.29) is 16.2 Å². The van der Waals surface area contributed by atoms with Crippen LogP contribution in [0.2, 0.25) is 0 Å². The normalized spacial score (nSPS) is 17.7. The fourth-order valence-electron chi connectivity index (χ4n) is 4.88. The van der Waals surface area contributed by atoms with Crippen molar-refractivity contribution in [2.24, 2.45) is 0 Å². The van der Waals surface area contributed by atoms with Gasteiger partial charge in [0.05, 0.1) is 5.56 Å². The molecule has 0 radical (unpaired) electrons. The molecule has 160 valence electrons. The number of aromatic carboxylic acids is 1. The fourth-order valence-corrected chi connectivity index (χ4v) is 4.88. The van der Waals surface area contributed by atoms with Gasteiger partial charge in [-0.2, -0.15) is 0 Å². The molecule has 2 nitrogen and oxygen atoms in total. The van der Waals surface area contributed by atoms with E-state index in [1.165, 1.54) is 29.5 Å². The van der Waals surface area contributed by atoms with Crippen LogP contribution in [0.5, 0.6) is 0 Å². The summed E-state index contributed by atoms with van der Waals surface area (Å²) in [5.41, 5.74) is 6.14. The van der Waals surface area contributed by atoms with E-state index in [4.69, 9.17) is 5.11 Å². The van der Waals surface area contributed by atoms with Crippen LogP contribution in [0, 0.1) is 0 Å². The Morgan fingerprint density at radius 1 is 0.933 bits per heavy atom. The van der Waals surface area contributed by atoms with E-state index in [0.29, 0.717) is 5.56 Å². The highest BCUT2D eigenvalue weighted by molar-refractivity contribution is 5.87. The Kier molecular flexibility index (Phi) is 6.00. The van der Waals surface area contributed by atoms with Crippen molar-refractivity contribution in [3.8, 4) is 0 Å². The van der Waals surface area contributed by atoms with Gasteiger partial charge in [0.1, 0.15) is 0 Å². The first kappa shape index (κ1) is 22.3. The first-order valence-electron chi connectivity index (χ1n) is 11.2. The molecule has 0 unspecified atom stereocenters. The van der Waals surface area contributed by atoms with Crippen molar-refractivity contribution in [2.45, 2.75) is 83.5 Å². The van der Waals surface area contributed by atoms with Crippen molar-refractivity contribution in [2.75, 3.05) is 0 Å². The quantitative estimate of drug-likeness (QED) is 0.541. The lowest BCUT2D eigenvalue weighted by Crippen LogP contribution is -2.34. The molecule has 3 rings (SSSR count). The molecular formula is C28H36O2. The van der Waals surface area contributed by atoms with Crippen molar-refractivity contribution in [3.05, 3.63) is 76.4 Å². The molecule has 1 aliphatic carbocycles. The summed E-state index contributed by atoms with van der Waals surface area (Å²) in [6.07, 6.45) is 8.96. The Morgan fingerprint density at radius 3 is 2.03 bits per heavy atom. The van der Waals surface area contributed by atoms with Gasteiger partial charge in [0, 0.05) is 5.41 Å². The zero-order valence-corrected chi connectivity index (χ0v) is 19.4. The molecule has 2 aromatic rings. The molecule has 0 saturated heterocycles. The van der Waals surface area contributed by atoms with E-state index < -0.39 is 5.97 Å². The van der Waals surface area contributed by atoms with Crippen molar-refractivity contribution in [1.82, 2.24) is 0 Å². The van der Waals surface area contributed by atoms with Gasteiger partial charge in [-0.15, -0.1) is 0 Å². The van der Waals surface area contributed by atoms with Crippen LogP contribution in [0.15, 0.2) is 48.5 Å². The van der Waals surface area contributed by atoms with E-state index in [1.807, 2.05) is 12.1 Å². The van der Waals surface area contributed by atoms with Gasteiger partial charge in [-0.1, -0.05) is 84.0 Å². The maximum Gasteiger partial charge on any atom is 0.335 e. The van der Waals surface area contributed by atoms with Crippen LogP contribution >= 0.6 is 0 Å². The zero-order chi connectivity index (χ0) is 22.2. The monoisotopic (exact) mass is 404 g/mol. The van der Waals surface area contributed by atoms with Crippen molar-refractivity contribution < 1.29 is 9.90 Å². The predicted octanol–water partition coefficient (Wildman–Crippen LogP) is 7.51. The molecule has 0 fully saturated rings. The largest absolute Gasteiger partial charge is 0.478 e. The summed E-state index contributed by atoms with van der Waals surface area (Å²) < 4.78 is 0. The highest BCUT2D eigenvalue weighted by Crippen LogP contribution is 2.47. The van der Waals surface area contributed by atoms with Gasteiger partial charge >= 0.3 is 5.97 Å². The van der Waals surface area contributed by atoms with E-state index in [0.717, 1.165) is 18.4 Å². The third-order valence-electron chi connectivity index (χ3n) is 7.44. The highest BCUT2D eigenvalue weighted by atomic mass is 16.4. The molecule has 0 saturated carbocycles. The van der Waals surface area contributed by atoms with Gasteiger partial charge in [-0.05, 0) is 70.9 Å². The topological polar surface area (TPSA) is 37.3 Å². The third-order valence-corrected chi connectivity index (χ3v) is 7.44. The third kappa shape index (κ3) is 4.10. The van der Waals surface area contributed by atoms with Crippen molar-refractivity contribution in [3.63, 3.8) is 0 Å². The maximum absolute atomic E-state index is 11.1. The Labute approximate surface area is 182 Å². The number of fused-ring (bicyclic) bond motifs is 1. The number of hydrogen-bond donors (Lipinski definition) is 1. The minimum Gasteiger partial charge on any atom is -0.478 e. The maximum atomic E-state index is 11.1. The van der Waals surface area contributed by atoms with E-state index in [2.05, 4.69) is 71.9 Å². The second kappa shape index (κ2) is 8.06. The Bertz CT molecular complexity index is 941. The summed E-state index contributed by atoms with van der Waals surface area (Å²) in [7, 11) is 0. The van der Waals surface area contributed by atoms with Crippen LogP contribution in [0.1, 0.15) is 99.8 Å². The molecule has 1 aliphatic rings. The summed E-state index contributed by atoms with van der Waals surface area (Å²) in [5.74, 6) is -0.887. The second-order valence-corrected chi connectivity index (χ2v) is 10.2. The molecule has 0 atom stereocenters. The van der Waals surface area contributed by atoms with E-state index >= 15 is 0 Å². The van der Waals surface area contributed by atoms with Crippen LogP contribution in [-0.2, 0) is 16.2 Å². The molecule has 0 heterocycles. The predicted molar refractivity (Wildman–Crippen MR) is 126 cm³/mol. The number of rotatable bonds is 6. The highest BCUT2D eigenvalue weighted by Gasteiger charge is 2.38. The molecular weight excluding hydrogens is 368 g/mol. The van der Waals surface area contributed by atoms with Gasteiger partial charge in [-0.3, -0.25) is 0 Å². The SMILES string of the molecule is CCC(/C=C/c1ccc(C(=O)O)cc1)(CC)c1ccc2c(c1)C(C)(C)CCC2(C)C. The summed E-state index contributed by atoms with van der Waals surface area (Å²) in [4.78, 5) is 11.1. The van der Waals surface area contributed by atoms with Crippen LogP contribution < -0.4 is 0 Å². The second-order valence-electron chi connectivity index (χ2n) is 10.2. The van der Waals surface area contributed by atoms with Crippen LogP contribution in [0.3, 0.4) is 0 Å². The summed E-state index contributed by atoms with van der Waals surface area (Å²) in [6.45, 7) is 14.0. The lowest BCUT2D eigenvalue weighted by molar-refractivity contribution is 0.0697. The van der Waals surface area contributed by atoms with Crippen LogP contribution in [0.4, 0.5) is 0 Å². The summed E-state index contributed by atoms with van der Waals surface area (Å²) in [5, 5.41) is 9.12. The molecule has 2 heteroatoms. The molecule has 0 aliphatic heterocycles. The lowest BCUT2D eigenvalue weighted by Gasteiger charge is -2.43. The molecule has 1 N–H and O–H groups in total. The number of allylic oxidation sites excluding steroid dienone is 1. The number of benzene rings is 2. The van der Waals surface area contributed by atoms with Crippen LogP contribution in [-0.4, -0.2) is 11.1 Å². The first-order chi connectivity index (χ1) is 14.0. The number of carboxylic acid groups (broad SMARTS) is 1. The zero-order valence-electron chi connectivity index (χ0n) is 19.4. The van der Waals surface area contributed by atoms with E-state index in [1.54, 1.807) is 12.1 Å². The van der Waals surface area contributed by atoms with E-state index in [9.17, 15) is 4.79 Å². The Hall–Kier alpha value is -2.35. The average Bonchev–Trinajstić information content (AvgIpc) is 2.73. The fraction of sp³-hybridized carbons (Fsp3) is 0.464. The molecule has 30 heavy (non-hydrogen) atoms. The first-order valence-corrected chi connectivity index (χ1v) is 11.2. The standard InChI is InChI=1S/C28H36O2/c1-7-28(8-2,16-15-20-9-11-21(12-10-20)25(29)30)22-13-14-23-24(19-22)27(5,6)18-17-26(23,3)4/h9-16,19H,7-8,17-18H2,1-6H3,(H,29,30)/b16-15+. The van der Waals surface area contributed by atoms with Crippen molar-refractivity contribution >= 4 is 12.0 Å².